The molecule has 1 N–H and O–H groups in total. The molecular weight excluding hydrogens is 506 g/mol. The number of nitrogens with zero attached hydrogens (tertiary/aromatic N) is 3. The summed E-state index contributed by atoms with van der Waals surface area (Å²) in [6.45, 7) is 2.08. The first-order valence-electron chi connectivity index (χ1n) is 14.1. The first-order valence-corrected chi connectivity index (χ1v) is 14.1. The molecule has 0 aliphatic carbocycles. The minimum absolute atomic E-state index is 0.0812. The molecule has 5 nitrogen and oxygen atoms in total. The number of aromatic nitrogens is 3. The van der Waals surface area contributed by atoms with E-state index < -0.39 is 17.6 Å². The van der Waals surface area contributed by atoms with Crippen LogP contribution in [0.15, 0.2) is 128 Å². The van der Waals surface area contributed by atoms with E-state index >= 15 is 0 Å². The lowest BCUT2D eigenvalue weighted by atomic mass is 9.76. The maximum Gasteiger partial charge on any atom is 0.237 e. The highest BCUT2D eigenvalue weighted by molar-refractivity contribution is 5.97. The zero-order valence-electron chi connectivity index (χ0n) is 22.9. The number of carbonyl (C=O) groups excluding carboxylic acids is 1. The number of fused-ring (bicyclic) bond motifs is 3. The van der Waals surface area contributed by atoms with Crippen molar-refractivity contribution in [2.24, 2.45) is 5.92 Å². The molecule has 0 amide bonds. The zero-order chi connectivity index (χ0) is 28.0. The lowest BCUT2D eigenvalue weighted by molar-refractivity contribution is 0.0498. The van der Waals surface area contributed by atoms with Gasteiger partial charge in [0.25, 0.3) is 0 Å². The number of aliphatic hydroxyl groups excluding tert-OH is 1. The van der Waals surface area contributed by atoms with Crippen LogP contribution >= 0.6 is 0 Å². The molecule has 7 rings (SSSR count). The molecule has 0 saturated carbocycles. The Morgan fingerprint density at radius 1 is 0.805 bits per heavy atom. The molecule has 4 aromatic carbocycles. The fourth-order valence-corrected chi connectivity index (χ4v) is 6.83. The molecule has 2 atom stereocenters. The second-order valence-corrected chi connectivity index (χ2v) is 10.8. The molecule has 2 aromatic heterocycles. The summed E-state index contributed by atoms with van der Waals surface area (Å²) in [6, 6.07) is 39.0. The van der Waals surface area contributed by atoms with Crippen LogP contribution in [0.4, 0.5) is 0 Å². The van der Waals surface area contributed by atoms with Gasteiger partial charge in [-0.25, -0.2) is 4.98 Å². The van der Waals surface area contributed by atoms with Gasteiger partial charge in [0.05, 0.1) is 11.4 Å². The summed E-state index contributed by atoms with van der Waals surface area (Å²) in [7, 11) is 0. The molecule has 1 aliphatic rings. The second kappa shape index (κ2) is 10.0. The van der Waals surface area contributed by atoms with E-state index in [9.17, 15) is 9.90 Å². The Labute approximate surface area is 239 Å². The number of aliphatic hydroxyl groups is 1. The van der Waals surface area contributed by atoms with E-state index in [0.29, 0.717) is 12.2 Å². The van der Waals surface area contributed by atoms with E-state index in [1.807, 2.05) is 83.6 Å². The summed E-state index contributed by atoms with van der Waals surface area (Å²) < 4.78 is 3.90. The summed E-state index contributed by atoms with van der Waals surface area (Å²) >= 11 is 0. The molecule has 2 unspecified atom stereocenters. The fourth-order valence-electron chi connectivity index (χ4n) is 6.83. The molecule has 202 valence electrons. The van der Waals surface area contributed by atoms with Crippen molar-refractivity contribution < 1.29 is 9.90 Å². The van der Waals surface area contributed by atoms with Crippen LogP contribution in [0.2, 0.25) is 0 Å². The van der Waals surface area contributed by atoms with Crippen LogP contribution in [0.25, 0.3) is 10.9 Å². The zero-order valence-corrected chi connectivity index (χ0v) is 22.9. The average molecular weight is 538 g/mol. The van der Waals surface area contributed by atoms with Gasteiger partial charge in [0, 0.05) is 23.5 Å². The topological polar surface area (TPSA) is 60.1 Å². The van der Waals surface area contributed by atoms with E-state index in [1.54, 1.807) is 6.20 Å². The van der Waals surface area contributed by atoms with E-state index in [0.717, 1.165) is 45.3 Å². The largest absolute Gasteiger partial charge is 0.384 e. The van der Waals surface area contributed by atoms with E-state index in [1.165, 1.54) is 0 Å². The Morgan fingerprint density at radius 3 is 1.93 bits per heavy atom. The Bertz CT molecular complexity index is 1740. The first-order chi connectivity index (χ1) is 20.1. The van der Waals surface area contributed by atoms with Gasteiger partial charge in [0.15, 0.2) is 0 Å². The van der Waals surface area contributed by atoms with Crippen LogP contribution in [0, 0.1) is 12.8 Å². The van der Waals surface area contributed by atoms with Gasteiger partial charge in [-0.1, -0.05) is 109 Å². The van der Waals surface area contributed by atoms with E-state index in [-0.39, 0.29) is 5.91 Å². The van der Waals surface area contributed by atoms with Crippen molar-refractivity contribution in [3.05, 3.63) is 161 Å². The third-order valence-electron chi connectivity index (χ3n) is 8.73. The molecule has 3 heterocycles. The van der Waals surface area contributed by atoms with Crippen molar-refractivity contribution in [1.29, 1.82) is 0 Å². The molecule has 6 aromatic rings. The minimum Gasteiger partial charge on any atom is -0.384 e. The lowest BCUT2D eigenvalue weighted by Crippen LogP contribution is -2.41. The number of hydrogen-bond acceptors (Lipinski definition) is 3. The molecule has 1 aliphatic heterocycles. The van der Waals surface area contributed by atoms with Crippen molar-refractivity contribution in [2.45, 2.75) is 31.4 Å². The highest BCUT2D eigenvalue weighted by Crippen LogP contribution is 2.44. The van der Waals surface area contributed by atoms with Gasteiger partial charge in [0.1, 0.15) is 17.5 Å². The molecule has 0 spiro atoms. The first kappa shape index (κ1) is 25.2. The van der Waals surface area contributed by atoms with E-state index in [2.05, 4.69) is 54.0 Å². The number of aryl methyl sites for hydroxylation is 1. The summed E-state index contributed by atoms with van der Waals surface area (Å²) in [4.78, 5) is 18.9. The number of para-hydroxylation sites is 1. The van der Waals surface area contributed by atoms with Crippen LogP contribution in [0.5, 0.6) is 0 Å². The van der Waals surface area contributed by atoms with Gasteiger partial charge in [-0.05, 0) is 48.1 Å². The summed E-state index contributed by atoms with van der Waals surface area (Å²) in [5.74, 6) is -0.238. The monoisotopic (exact) mass is 537 g/mol. The second-order valence-electron chi connectivity index (χ2n) is 10.8. The van der Waals surface area contributed by atoms with Crippen LogP contribution in [-0.2, 0) is 12.0 Å². The van der Waals surface area contributed by atoms with Crippen molar-refractivity contribution in [3.8, 4) is 0 Å². The standard InChI is InChI=1S/C36H31N3O2/c1-25-29-19-11-12-20-32(29)39-31(25)22-21-30(35(39)41)33(40)34-37-23-24-38(34)36(26-13-5-2-6-14-26,27-15-7-3-8-16-27)28-17-9-4-10-18-28/h2-20,23-24,30,33,40H,21-22H2,1H3. The van der Waals surface area contributed by atoms with Gasteiger partial charge < -0.3 is 9.67 Å². The molecule has 0 saturated heterocycles. The number of benzene rings is 4. The Balaban J connectivity index is 1.42. The number of carbonyl (C=O) groups is 1. The van der Waals surface area contributed by atoms with Gasteiger partial charge in [-0.3, -0.25) is 9.36 Å². The highest BCUT2D eigenvalue weighted by Gasteiger charge is 2.43. The van der Waals surface area contributed by atoms with Gasteiger partial charge in [-0.2, -0.15) is 0 Å². The van der Waals surface area contributed by atoms with Crippen LogP contribution < -0.4 is 0 Å². The normalized spacial score (nSPS) is 16.0. The van der Waals surface area contributed by atoms with Crippen LogP contribution in [0.1, 0.15) is 51.1 Å². The summed E-state index contributed by atoms with van der Waals surface area (Å²) in [6.07, 6.45) is 3.84. The SMILES string of the molecule is Cc1c2n(c3ccccc13)C(=O)C(C(O)c1nccn1C(c1ccccc1)(c1ccccc1)c1ccccc1)CC2. The number of hydrogen-bond donors (Lipinski definition) is 1. The van der Waals surface area contributed by atoms with Gasteiger partial charge >= 0.3 is 0 Å². The van der Waals surface area contributed by atoms with Crippen LogP contribution in [-0.4, -0.2) is 25.1 Å². The predicted octanol–water partition coefficient (Wildman–Crippen LogP) is 6.92. The Morgan fingerprint density at radius 2 is 1.34 bits per heavy atom. The van der Waals surface area contributed by atoms with Crippen molar-refractivity contribution in [3.63, 3.8) is 0 Å². The lowest BCUT2D eigenvalue weighted by Gasteiger charge is -2.39. The average Bonchev–Trinajstić information content (AvgIpc) is 3.63. The molecule has 41 heavy (non-hydrogen) atoms. The molecule has 5 heteroatoms. The van der Waals surface area contributed by atoms with Gasteiger partial charge in [-0.15, -0.1) is 0 Å². The third kappa shape index (κ3) is 3.80. The predicted molar refractivity (Wildman–Crippen MR) is 161 cm³/mol. The quantitative estimate of drug-likeness (QED) is 0.235. The molecule has 0 bridgehead atoms. The Hall–Kier alpha value is -4.74. The van der Waals surface area contributed by atoms with Crippen LogP contribution in [0.3, 0.4) is 0 Å². The van der Waals surface area contributed by atoms with Crippen molar-refractivity contribution in [1.82, 2.24) is 14.1 Å². The molecule has 0 fully saturated rings. The third-order valence-corrected chi connectivity index (χ3v) is 8.73. The molecular formula is C36H31N3O2. The number of rotatable bonds is 6. The van der Waals surface area contributed by atoms with Crippen molar-refractivity contribution >= 4 is 16.8 Å². The smallest absolute Gasteiger partial charge is 0.237 e. The fraction of sp³-hybridized carbons (Fsp3) is 0.167. The van der Waals surface area contributed by atoms with Gasteiger partial charge in [0.2, 0.25) is 5.91 Å². The summed E-state index contributed by atoms with van der Waals surface area (Å²) in [5.41, 5.74) is 5.36. The highest BCUT2D eigenvalue weighted by atomic mass is 16.3. The van der Waals surface area contributed by atoms with E-state index in [4.69, 9.17) is 4.98 Å². The number of imidazole rings is 1. The minimum atomic E-state index is -1.09. The Kier molecular flexibility index (Phi) is 6.17. The van der Waals surface area contributed by atoms with Crippen molar-refractivity contribution in [2.75, 3.05) is 0 Å². The maximum absolute atomic E-state index is 14.1. The summed E-state index contributed by atoms with van der Waals surface area (Å²) in [5, 5.41) is 13.2. The molecule has 0 radical (unpaired) electrons. The maximum atomic E-state index is 14.1.